The summed E-state index contributed by atoms with van der Waals surface area (Å²) in [5, 5.41) is 37.9. The molecule has 0 saturated carbocycles. The van der Waals surface area contributed by atoms with Crippen LogP contribution in [0.25, 0.3) is 0 Å². The van der Waals surface area contributed by atoms with Crippen LogP contribution in [0.5, 0.6) is 23.5 Å². The van der Waals surface area contributed by atoms with Crippen molar-refractivity contribution >= 4 is 23.9 Å². The predicted octanol–water partition coefficient (Wildman–Crippen LogP) is 1.72. The summed E-state index contributed by atoms with van der Waals surface area (Å²) in [5.74, 6) is -4.90. The molecule has 2 heterocycles. The van der Waals surface area contributed by atoms with Gasteiger partial charge >= 0.3 is 23.9 Å². The van der Waals surface area contributed by atoms with Crippen molar-refractivity contribution in [3.05, 3.63) is 24.3 Å². The molecule has 228 valence electrons. The Morgan fingerprint density at radius 1 is 0.610 bits per heavy atom. The molecule has 2 rings (SSSR count). The Labute approximate surface area is 235 Å². The van der Waals surface area contributed by atoms with Crippen molar-refractivity contribution in [2.75, 3.05) is 13.2 Å². The van der Waals surface area contributed by atoms with Crippen molar-refractivity contribution in [2.24, 2.45) is 0 Å². The van der Waals surface area contributed by atoms with Crippen molar-refractivity contribution in [2.45, 2.75) is 77.4 Å². The topological polar surface area (TPSA) is 205 Å². The number of carbonyl (C=O) groups is 4. The number of aromatic nitrogens is 2. The lowest BCUT2D eigenvalue weighted by molar-refractivity contribution is -0.162. The summed E-state index contributed by atoms with van der Waals surface area (Å²) in [6.45, 7) is 7.18. The third-order valence-corrected chi connectivity index (χ3v) is 5.60. The second kappa shape index (κ2) is 14.3. The Balaban J connectivity index is 1.61. The summed E-state index contributed by atoms with van der Waals surface area (Å²) in [7, 11) is 0. The van der Waals surface area contributed by atoms with E-state index in [1.54, 1.807) is 27.7 Å². The number of carbonyl (C=O) groups excluding carboxylic acids is 4. The first kappa shape index (κ1) is 32.8. The van der Waals surface area contributed by atoms with Gasteiger partial charge in [0.05, 0.1) is 44.5 Å². The number of esters is 2. The molecule has 0 saturated heterocycles. The van der Waals surface area contributed by atoms with Crippen molar-refractivity contribution in [1.82, 2.24) is 9.46 Å². The maximum Gasteiger partial charge on any atom is 0.333 e. The lowest BCUT2D eigenvalue weighted by Gasteiger charge is -2.29. The van der Waals surface area contributed by atoms with Crippen molar-refractivity contribution in [3.63, 3.8) is 0 Å². The van der Waals surface area contributed by atoms with Crippen LogP contribution in [0.15, 0.2) is 24.3 Å². The SMILES string of the molecule is CC(C)(CCOC(=O)CCC(=O)On1c(O)ccc1O)OCCC(C)(C)OC(=O)CCC(=O)On1c(O)ccc1O. The standard InChI is InChI=1S/C26H36N2O13/c1-25(2,13-15-37-21(33)9-11-23(35)40-27-17(29)5-6-18(27)30)38-16-14-26(3,4)39-22(34)10-12-24(36)41-28-19(31)7-8-20(28)32/h5-8,29-32H,9-16H2,1-4H3. The van der Waals surface area contributed by atoms with E-state index < -0.39 is 58.6 Å². The summed E-state index contributed by atoms with van der Waals surface area (Å²) >= 11 is 0. The molecule has 41 heavy (non-hydrogen) atoms. The van der Waals surface area contributed by atoms with Crippen LogP contribution in [0.1, 0.15) is 66.2 Å². The van der Waals surface area contributed by atoms with Crippen LogP contribution in [0.2, 0.25) is 0 Å². The second-order valence-electron chi connectivity index (χ2n) is 10.2. The highest BCUT2D eigenvalue weighted by atomic mass is 16.7. The van der Waals surface area contributed by atoms with E-state index in [4.69, 9.17) is 23.9 Å². The van der Waals surface area contributed by atoms with E-state index in [1.807, 2.05) is 0 Å². The van der Waals surface area contributed by atoms with E-state index >= 15 is 0 Å². The Morgan fingerprint density at radius 3 is 1.46 bits per heavy atom. The van der Waals surface area contributed by atoms with Gasteiger partial charge in [-0.25, -0.2) is 9.59 Å². The van der Waals surface area contributed by atoms with E-state index in [9.17, 15) is 39.6 Å². The van der Waals surface area contributed by atoms with Crippen LogP contribution in [0, 0.1) is 0 Å². The zero-order valence-electron chi connectivity index (χ0n) is 23.3. The van der Waals surface area contributed by atoms with Crippen molar-refractivity contribution in [3.8, 4) is 23.5 Å². The number of hydrogen-bond acceptors (Lipinski definition) is 13. The molecule has 0 radical (unpaired) electrons. The van der Waals surface area contributed by atoms with Crippen LogP contribution in [0.3, 0.4) is 0 Å². The lowest BCUT2D eigenvalue weighted by atomic mass is 10.0. The van der Waals surface area contributed by atoms with Gasteiger partial charge < -0.3 is 44.3 Å². The monoisotopic (exact) mass is 584 g/mol. The highest BCUT2D eigenvalue weighted by Crippen LogP contribution is 2.22. The van der Waals surface area contributed by atoms with Gasteiger partial charge in [-0.2, -0.15) is 0 Å². The molecule has 15 heteroatoms. The number of rotatable bonds is 16. The van der Waals surface area contributed by atoms with E-state index in [2.05, 4.69) is 0 Å². The molecule has 15 nitrogen and oxygen atoms in total. The van der Waals surface area contributed by atoms with Gasteiger partial charge in [0.2, 0.25) is 23.5 Å². The van der Waals surface area contributed by atoms with Gasteiger partial charge in [-0.1, -0.05) is 0 Å². The number of hydrogen-bond donors (Lipinski definition) is 4. The first-order chi connectivity index (χ1) is 19.1. The molecule has 0 fully saturated rings. The number of aromatic hydroxyl groups is 4. The molecule has 0 aliphatic carbocycles. The minimum Gasteiger partial charge on any atom is -0.492 e. The van der Waals surface area contributed by atoms with Gasteiger partial charge in [-0.05, 0) is 27.7 Å². The van der Waals surface area contributed by atoms with E-state index in [0.717, 1.165) is 24.3 Å². The van der Waals surface area contributed by atoms with Crippen LogP contribution in [0.4, 0.5) is 0 Å². The molecule has 0 aliphatic rings. The molecular formula is C26H36N2O13. The molecule has 2 aromatic rings. The van der Waals surface area contributed by atoms with E-state index in [0.29, 0.717) is 22.3 Å². The summed E-state index contributed by atoms with van der Waals surface area (Å²) in [6, 6.07) is 4.52. The van der Waals surface area contributed by atoms with Gasteiger partial charge in [0, 0.05) is 37.1 Å². The molecule has 0 atom stereocenters. The fourth-order valence-electron chi connectivity index (χ4n) is 3.23. The Morgan fingerprint density at radius 2 is 1.00 bits per heavy atom. The highest BCUT2D eigenvalue weighted by molar-refractivity contribution is 5.78. The third kappa shape index (κ3) is 11.3. The van der Waals surface area contributed by atoms with Crippen molar-refractivity contribution < 1.29 is 63.5 Å². The first-order valence-electron chi connectivity index (χ1n) is 12.7. The van der Waals surface area contributed by atoms with Gasteiger partial charge in [0.1, 0.15) is 5.60 Å². The smallest absolute Gasteiger partial charge is 0.333 e. The fourth-order valence-corrected chi connectivity index (χ4v) is 3.23. The predicted molar refractivity (Wildman–Crippen MR) is 138 cm³/mol. The average molecular weight is 585 g/mol. The van der Waals surface area contributed by atoms with Gasteiger partial charge in [-0.3, -0.25) is 9.59 Å². The lowest BCUT2D eigenvalue weighted by Crippen LogP contribution is -2.33. The average Bonchev–Trinajstić information content (AvgIpc) is 3.35. The Kier molecular flexibility index (Phi) is 11.4. The largest absolute Gasteiger partial charge is 0.492 e. The molecule has 0 aliphatic heterocycles. The molecule has 0 aromatic carbocycles. The minimum absolute atomic E-state index is 0.0209. The zero-order chi connectivity index (χ0) is 30.8. The molecule has 0 bridgehead atoms. The Bertz CT molecular complexity index is 1170. The van der Waals surface area contributed by atoms with Gasteiger partial charge in [-0.15, -0.1) is 9.46 Å². The molecule has 0 spiro atoms. The summed E-state index contributed by atoms with van der Waals surface area (Å²) in [5.41, 5.74) is -1.61. The van der Waals surface area contributed by atoms with Gasteiger partial charge in [0.25, 0.3) is 0 Å². The zero-order valence-corrected chi connectivity index (χ0v) is 23.3. The Hall–Kier alpha value is -4.40. The second-order valence-corrected chi connectivity index (χ2v) is 10.2. The van der Waals surface area contributed by atoms with Crippen LogP contribution >= 0.6 is 0 Å². The summed E-state index contributed by atoms with van der Waals surface area (Å²) < 4.78 is 17.5. The van der Waals surface area contributed by atoms with E-state index in [1.165, 1.54) is 0 Å². The number of ether oxygens (including phenoxy) is 3. The summed E-state index contributed by atoms with van der Waals surface area (Å²) in [4.78, 5) is 57.3. The molecule has 2 aromatic heterocycles. The first-order valence-corrected chi connectivity index (χ1v) is 12.7. The molecule has 0 unspecified atom stereocenters. The maximum absolute atomic E-state index is 12.2. The normalized spacial score (nSPS) is 11.6. The minimum atomic E-state index is -0.913. The summed E-state index contributed by atoms with van der Waals surface area (Å²) in [6.07, 6.45) is -0.550. The molecular weight excluding hydrogens is 548 g/mol. The maximum atomic E-state index is 12.2. The third-order valence-electron chi connectivity index (χ3n) is 5.60. The fraction of sp³-hybridized carbons (Fsp3) is 0.538. The van der Waals surface area contributed by atoms with Crippen LogP contribution < -0.4 is 9.68 Å². The molecule has 4 N–H and O–H groups in total. The van der Waals surface area contributed by atoms with Crippen LogP contribution in [-0.2, 0) is 33.4 Å². The van der Waals surface area contributed by atoms with E-state index in [-0.39, 0.29) is 38.9 Å². The van der Waals surface area contributed by atoms with Crippen LogP contribution in [-0.4, -0.2) is 78.2 Å². The van der Waals surface area contributed by atoms with Gasteiger partial charge in [0.15, 0.2) is 0 Å². The molecule has 0 amide bonds. The quantitative estimate of drug-likeness (QED) is 0.208. The highest BCUT2D eigenvalue weighted by Gasteiger charge is 2.26. The van der Waals surface area contributed by atoms with Crippen molar-refractivity contribution in [1.29, 1.82) is 0 Å². The number of nitrogens with zero attached hydrogens (tertiary/aromatic N) is 2.